The zero-order valence-electron chi connectivity index (χ0n) is 19.1. The predicted octanol–water partition coefficient (Wildman–Crippen LogP) is 3.28. The fourth-order valence-corrected chi connectivity index (χ4v) is 5.38. The van der Waals surface area contributed by atoms with E-state index in [0.717, 1.165) is 29.6 Å². The van der Waals surface area contributed by atoms with E-state index in [1.807, 2.05) is 41.0 Å². The topological polar surface area (TPSA) is 72.9 Å². The van der Waals surface area contributed by atoms with E-state index < -0.39 is 0 Å². The summed E-state index contributed by atoms with van der Waals surface area (Å²) in [5.74, 6) is 1.21. The Hall–Kier alpha value is -2.23. The second-order valence-electron chi connectivity index (χ2n) is 8.16. The van der Waals surface area contributed by atoms with Gasteiger partial charge in [-0.1, -0.05) is 54.0 Å². The van der Waals surface area contributed by atoms with Crippen molar-refractivity contribution in [2.24, 2.45) is 0 Å². The highest BCUT2D eigenvalue weighted by Gasteiger charge is 2.24. The van der Waals surface area contributed by atoms with Gasteiger partial charge in [0.25, 0.3) is 0 Å². The molecule has 0 bridgehead atoms. The van der Waals surface area contributed by atoms with Crippen molar-refractivity contribution in [1.82, 2.24) is 19.8 Å². The molecule has 182 valence electrons. The zero-order chi connectivity index (χ0) is 24.1. The van der Waals surface area contributed by atoms with Crippen LogP contribution in [0.4, 0.5) is 11.5 Å². The summed E-state index contributed by atoms with van der Waals surface area (Å²) in [6.45, 7) is 7.36. The Balaban J connectivity index is 1.29. The second kappa shape index (κ2) is 11.5. The Bertz CT molecular complexity index is 1030. The van der Waals surface area contributed by atoms with Crippen LogP contribution in [0.5, 0.6) is 0 Å². The average Bonchev–Trinajstić information content (AvgIpc) is 2.87. The Morgan fingerprint density at radius 1 is 0.882 bits per heavy atom. The smallest absolute Gasteiger partial charge is 0.233 e. The number of benzene rings is 1. The highest BCUT2D eigenvalue weighted by molar-refractivity contribution is 7.99. The molecule has 0 unspecified atom stereocenters. The number of nitrogens with zero attached hydrogens (tertiary/aromatic N) is 6. The first-order valence-corrected chi connectivity index (χ1v) is 13.2. The summed E-state index contributed by atoms with van der Waals surface area (Å²) < 4.78 is 0. The minimum absolute atomic E-state index is 0.0561. The molecular weight excluding hydrogens is 495 g/mol. The van der Waals surface area contributed by atoms with Gasteiger partial charge in [0.05, 0.1) is 16.5 Å². The largest absolute Gasteiger partial charge is 0.367 e. The number of thioether (sulfide) groups is 1. The van der Waals surface area contributed by atoms with Gasteiger partial charge in [0.15, 0.2) is 5.16 Å². The average molecular weight is 523 g/mol. The molecule has 3 heterocycles. The fraction of sp³-hybridized carbons (Fsp3) is 0.478. The van der Waals surface area contributed by atoms with Crippen LogP contribution < -0.4 is 9.80 Å². The van der Waals surface area contributed by atoms with E-state index in [2.05, 4.69) is 19.8 Å². The molecule has 2 aliphatic heterocycles. The molecule has 2 aromatic rings. The third-order valence-electron chi connectivity index (χ3n) is 6.07. The Kier molecular flexibility index (Phi) is 8.39. The molecule has 4 rings (SSSR count). The van der Waals surface area contributed by atoms with Crippen molar-refractivity contribution in [2.75, 3.05) is 67.9 Å². The molecular formula is C23H28Cl2N6O2S. The van der Waals surface area contributed by atoms with Crippen molar-refractivity contribution in [2.45, 2.75) is 18.5 Å². The fourth-order valence-electron chi connectivity index (χ4n) is 4.14. The van der Waals surface area contributed by atoms with E-state index in [4.69, 9.17) is 23.2 Å². The highest BCUT2D eigenvalue weighted by atomic mass is 35.5. The van der Waals surface area contributed by atoms with E-state index in [1.54, 1.807) is 6.07 Å². The molecule has 0 N–H and O–H groups in total. The number of rotatable bonds is 6. The van der Waals surface area contributed by atoms with Crippen LogP contribution in [0.25, 0.3) is 0 Å². The van der Waals surface area contributed by atoms with Gasteiger partial charge in [0, 0.05) is 64.8 Å². The zero-order valence-corrected chi connectivity index (χ0v) is 21.5. The van der Waals surface area contributed by atoms with Gasteiger partial charge < -0.3 is 19.6 Å². The first kappa shape index (κ1) is 24.9. The van der Waals surface area contributed by atoms with Gasteiger partial charge >= 0.3 is 0 Å². The normalized spacial score (nSPS) is 16.7. The quantitative estimate of drug-likeness (QED) is 0.327. The minimum Gasteiger partial charge on any atom is -0.367 e. The molecule has 8 nitrogen and oxygen atoms in total. The molecule has 1 aromatic carbocycles. The van der Waals surface area contributed by atoms with Crippen LogP contribution in [-0.2, 0) is 9.59 Å². The molecule has 0 radical (unpaired) electrons. The third-order valence-corrected chi connectivity index (χ3v) is 7.42. The lowest BCUT2D eigenvalue weighted by Gasteiger charge is -2.36. The molecule has 0 aliphatic carbocycles. The Morgan fingerprint density at radius 2 is 1.50 bits per heavy atom. The lowest BCUT2D eigenvalue weighted by atomic mass is 10.2. The SMILES string of the molecule is CCC(=O)N1CCN(c2cc(Cl)nc(SCC(=O)N3CCN(c4ccccc4Cl)CC3)n2)CC1. The number of para-hydroxylation sites is 1. The van der Waals surface area contributed by atoms with E-state index in [1.165, 1.54) is 11.8 Å². The summed E-state index contributed by atoms with van der Waals surface area (Å²) in [7, 11) is 0. The van der Waals surface area contributed by atoms with Crippen molar-refractivity contribution in [3.8, 4) is 0 Å². The van der Waals surface area contributed by atoms with Crippen molar-refractivity contribution in [3.05, 3.63) is 40.5 Å². The van der Waals surface area contributed by atoms with Gasteiger partial charge in [-0.15, -0.1) is 0 Å². The third kappa shape index (κ3) is 6.06. The van der Waals surface area contributed by atoms with Crippen molar-refractivity contribution < 1.29 is 9.59 Å². The van der Waals surface area contributed by atoms with Gasteiger partial charge in [0.1, 0.15) is 11.0 Å². The number of piperazine rings is 2. The molecule has 2 saturated heterocycles. The Morgan fingerprint density at radius 3 is 2.15 bits per heavy atom. The van der Waals surface area contributed by atoms with Gasteiger partial charge in [-0.3, -0.25) is 9.59 Å². The lowest BCUT2D eigenvalue weighted by Crippen LogP contribution is -2.49. The lowest BCUT2D eigenvalue weighted by molar-refractivity contribution is -0.131. The molecule has 2 fully saturated rings. The van der Waals surface area contributed by atoms with Crippen LogP contribution in [0.1, 0.15) is 13.3 Å². The summed E-state index contributed by atoms with van der Waals surface area (Å²) in [4.78, 5) is 41.7. The van der Waals surface area contributed by atoms with E-state index >= 15 is 0 Å². The summed E-state index contributed by atoms with van der Waals surface area (Å²) in [5.41, 5.74) is 1.00. The van der Waals surface area contributed by atoms with E-state index in [9.17, 15) is 9.59 Å². The summed E-state index contributed by atoms with van der Waals surface area (Å²) in [6.07, 6.45) is 0.517. The summed E-state index contributed by atoms with van der Waals surface area (Å²) >= 11 is 13.9. The molecule has 2 aliphatic rings. The van der Waals surface area contributed by atoms with Crippen LogP contribution in [0.2, 0.25) is 10.2 Å². The van der Waals surface area contributed by atoms with Gasteiger partial charge in [0.2, 0.25) is 11.8 Å². The van der Waals surface area contributed by atoms with E-state index in [0.29, 0.717) is 56.0 Å². The van der Waals surface area contributed by atoms with Crippen LogP contribution >= 0.6 is 35.0 Å². The number of carbonyl (C=O) groups is 2. The van der Waals surface area contributed by atoms with Crippen molar-refractivity contribution >= 4 is 58.3 Å². The number of hydrogen-bond donors (Lipinski definition) is 0. The van der Waals surface area contributed by atoms with E-state index in [-0.39, 0.29) is 17.6 Å². The minimum atomic E-state index is 0.0561. The number of aromatic nitrogens is 2. The molecule has 1 aromatic heterocycles. The first-order chi connectivity index (χ1) is 16.4. The van der Waals surface area contributed by atoms with Crippen molar-refractivity contribution in [1.29, 1.82) is 0 Å². The molecule has 0 saturated carbocycles. The number of halogens is 2. The monoisotopic (exact) mass is 522 g/mol. The predicted molar refractivity (Wildman–Crippen MR) is 137 cm³/mol. The van der Waals surface area contributed by atoms with Gasteiger partial charge in [-0.25, -0.2) is 9.97 Å². The standard InChI is InChI=1S/C23H28Cl2N6O2S/c1-2-21(32)30-13-9-29(10-14-30)20-15-19(25)26-23(27-20)34-16-22(33)31-11-7-28(8-12-31)18-6-4-3-5-17(18)24/h3-6,15H,2,7-14,16H2,1H3. The number of hydrogen-bond acceptors (Lipinski definition) is 7. The number of amides is 2. The maximum Gasteiger partial charge on any atom is 0.233 e. The number of carbonyl (C=O) groups excluding carboxylic acids is 2. The number of anilines is 2. The maximum atomic E-state index is 12.8. The molecule has 0 spiro atoms. The molecule has 0 atom stereocenters. The molecule has 2 amide bonds. The molecule has 11 heteroatoms. The van der Waals surface area contributed by atoms with Crippen LogP contribution in [-0.4, -0.2) is 89.7 Å². The van der Waals surface area contributed by atoms with Crippen LogP contribution in [0, 0.1) is 0 Å². The maximum absolute atomic E-state index is 12.8. The first-order valence-electron chi connectivity index (χ1n) is 11.4. The Labute approximate surface area is 214 Å². The second-order valence-corrected chi connectivity index (χ2v) is 9.90. The van der Waals surface area contributed by atoms with Crippen LogP contribution in [0.15, 0.2) is 35.5 Å². The van der Waals surface area contributed by atoms with Gasteiger partial charge in [-0.05, 0) is 12.1 Å². The van der Waals surface area contributed by atoms with Gasteiger partial charge in [-0.2, -0.15) is 0 Å². The summed E-state index contributed by atoms with van der Waals surface area (Å²) in [5, 5.41) is 1.56. The van der Waals surface area contributed by atoms with Crippen molar-refractivity contribution in [3.63, 3.8) is 0 Å². The highest BCUT2D eigenvalue weighted by Crippen LogP contribution is 2.27. The summed E-state index contributed by atoms with van der Waals surface area (Å²) in [6, 6.07) is 9.51. The van der Waals surface area contributed by atoms with Crippen LogP contribution in [0.3, 0.4) is 0 Å². The molecule has 34 heavy (non-hydrogen) atoms.